The molecule has 1 aliphatic heterocycles. The molecule has 0 fully saturated rings. The normalized spacial score (nSPS) is 19.1. The summed E-state index contributed by atoms with van der Waals surface area (Å²) < 4.78 is 12.9. The molecule has 5 heteroatoms. The van der Waals surface area contributed by atoms with Crippen LogP contribution in [0.2, 0.25) is 0 Å². The van der Waals surface area contributed by atoms with Crippen molar-refractivity contribution in [3.63, 3.8) is 0 Å². The first-order valence-electron chi connectivity index (χ1n) is 4.56. The van der Waals surface area contributed by atoms with Gasteiger partial charge in [0.05, 0.1) is 6.42 Å². The Bertz CT molecular complexity index is 397. The van der Waals surface area contributed by atoms with Crippen molar-refractivity contribution in [2.45, 2.75) is 17.4 Å². The van der Waals surface area contributed by atoms with E-state index >= 15 is 0 Å². The van der Waals surface area contributed by atoms with E-state index in [4.69, 9.17) is 5.11 Å². The minimum absolute atomic E-state index is 0.0783. The summed E-state index contributed by atoms with van der Waals surface area (Å²) in [5.41, 5.74) is 0.818. The molecular formula is C10H10FNO2S. The van der Waals surface area contributed by atoms with Crippen molar-refractivity contribution in [2.75, 3.05) is 11.1 Å². The lowest BCUT2D eigenvalue weighted by Gasteiger charge is -2.25. The van der Waals surface area contributed by atoms with Crippen LogP contribution in [0.1, 0.15) is 6.42 Å². The van der Waals surface area contributed by atoms with E-state index in [-0.39, 0.29) is 18.3 Å². The van der Waals surface area contributed by atoms with Crippen LogP contribution in [-0.4, -0.2) is 22.9 Å². The monoisotopic (exact) mass is 227 g/mol. The van der Waals surface area contributed by atoms with E-state index in [1.165, 1.54) is 23.9 Å². The van der Waals surface area contributed by atoms with Crippen LogP contribution in [0.25, 0.3) is 0 Å². The summed E-state index contributed by atoms with van der Waals surface area (Å²) in [5, 5.41) is 11.7. The number of anilines is 1. The molecule has 1 aromatic carbocycles. The Labute approximate surface area is 90.7 Å². The van der Waals surface area contributed by atoms with Crippen LogP contribution in [-0.2, 0) is 4.79 Å². The number of halogens is 1. The number of carboxylic acid groups (broad SMARTS) is 1. The minimum atomic E-state index is -0.821. The van der Waals surface area contributed by atoms with Crippen molar-refractivity contribution in [3.05, 3.63) is 24.0 Å². The quantitative estimate of drug-likeness (QED) is 0.813. The van der Waals surface area contributed by atoms with Gasteiger partial charge in [-0.15, -0.1) is 11.8 Å². The second-order valence-electron chi connectivity index (χ2n) is 3.39. The number of hydrogen-bond acceptors (Lipinski definition) is 3. The van der Waals surface area contributed by atoms with E-state index in [1.54, 1.807) is 6.07 Å². The van der Waals surface area contributed by atoms with Crippen molar-refractivity contribution < 1.29 is 14.3 Å². The van der Waals surface area contributed by atoms with Crippen LogP contribution < -0.4 is 5.32 Å². The Morgan fingerprint density at radius 3 is 3.20 bits per heavy atom. The zero-order chi connectivity index (χ0) is 10.8. The topological polar surface area (TPSA) is 49.3 Å². The molecule has 0 radical (unpaired) electrons. The van der Waals surface area contributed by atoms with E-state index in [2.05, 4.69) is 5.32 Å². The van der Waals surface area contributed by atoms with Crippen LogP contribution in [0.4, 0.5) is 10.1 Å². The lowest BCUT2D eigenvalue weighted by atomic mass is 10.2. The first-order chi connectivity index (χ1) is 7.15. The Morgan fingerprint density at radius 1 is 1.67 bits per heavy atom. The molecule has 80 valence electrons. The number of aliphatic carboxylic acids is 1. The predicted octanol–water partition coefficient (Wildman–Crippen LogP) is 2.19. The number of carbonyl (C=O) groups is 1. The molecule has 0 saturated carbocycles. The van der Waals surface area contributed by atoms with Gasteiger partial charge >= 0.3 is 5.97 Å². The lowest BCUT2D eigenvalue weighted by Crippen LogP contribution is -2.28. The third kappa shape index (κ3) is 2.41. The van der Waals surface area contributed by atoms with Gasteiger partial charge in [0, 0.05) is 22.4 Å². The van der Waals surface area contributed by atoms with Gasteiger partial charge in [-0.2, -0.15) is 0 Å². The molecule has 0 saturated heterocycles. The van der Waals surface area contributed by atoms with Gasteiger partial charge in [-0.3, -0.25) is 4.79 Å². The predicted molar refractivity (Wildman–Crippen MR) is 56.8 cm³/mol. The fourth-order valence-electron chi connectivity index (χ4n) is 1.51. The lowest BCUT2D eigenvalue weighted by molar-refractivity contribution is -0.137. The van der Waals surface area contributed by atoms with Gasteiger partial charge in [-0.25, -0.2) is 4.39 Å². The van der Waals surface area contributed by atoms with Gasteiger partial charge in [-0.05, 0) is 18.2 Å². The van der Waals surface area contributed by atoms with Gasteiger partial charge in [-0.1, -0.05) is 0 Å². The van der Waals surface area contributed by atoms with Crippen LogP contribution in [0.3, 0.4) is 0 Å². The molecule has 0 spiro atoms. The second kappa shape index (κ2) is 4.10. The molecule has 1 atom stereocenters. The molecule has 0 aliphatic carbocycles. The van der Waals surface area contributed by atoms with Crippen molar-refractivity contribution >= 4 is 23.4 Å². The van der Waals surface area contributed by atoms with Gasteiger partial charge in [0.15, 0.2) is 0 Å². The molecule has 0 amide bonds. The number of hydrogen-bond donors (Lipinski definition) is 2. The molecule has 15 heavy (non-hydrogen) atoms. The van der Waals surface area contributed by atoms with E-state index in [1.807, 2.05) is 0 Å². The molecule has 1 aliphatic rings. The Hall–Kier alpha value is -1.23. The largest absolute Gasteiger partial charge is 0.481 e. The average Bonchev–Trinajstić information content (AvgIpc) is 2.17. The summed E-state index contributed by atoms with van der Waals surface area (Å²) >= 11 is 1.49. The third-order valence-electron chi connectivity index (χ3n) is 2.16. The van der Waals surface area contributed by atoms with Gasteiger partial charge in [0.1, 0.15) is 5.82 Å². The van der Waals surface area contributed by atoms with Crippen molar-refractivity contribution in [2.24, 2.45) is 0 Å². The smallest absolute Gasteiger partial charge is 0.305 e. The number of fused-ring (bicyclic) bond motifs is 1. The molecule has 0 aromatic heterocycles. The van der Waals surface area contributed by atoms with Crippen LogP contribution >= 0.6 is 11.8 Å². The standard InChI is InChI=1S/C10H10FNO2S/c11-6-1-2-8-9(3-6)15-5-7(12-8)4-10(13)14/h1-3,7,12H,4-5H2,(H,13,14). The highest BCUT2D eigenvalue weighted by atomic mass is 32.2. The van der Waals surface area contributed by atoms with E-state index < -0.39 is 5.97 Å². The summed E-state index contributed by atoms with van der Waals surface area (Å²) in [6.45, 7) is 0. The van der Waals surface area contributed by atoms with E-state index in [9.17, 15) is 9.18 Å². The van der Waals surface area contributed by atoms with E-state index in [0.717, 1.165) is 10.6 Å². The summed E-state index contributed by atoms with van der Waals surface area (Å²) in [4.78, 5) is 11.4. The van der Waals surface area contributed by atoms with Crippen molar-refractivity contribution in [1.29, 1.82) is 0 Å². The maximum Gasteiger partial charge on any atom is 0.305 e. The number of carboxylic acids is 1. The molecule has 2 rings (SSSR count). The average molecular weight is 227 g/mol. The van der Waals surface area contributed by atoms with Crippen LogP contribution in [0, 0.1) is 5.82 Å². The zero-order valence-corrected chi connectivity index (χ0v) is 8.68. The Balaban J connectivity index is 2.13. The first-order valence-corrected chi connectivity index (χ1v) is 5.54. The van der Waals surface area contributed by atoms with Gasteiger partial charge < -0.3 is 10.4 Å². The molecule has 1 aromatic rings. The fraction of sp³-hybridized carbons (Fsp3) is 0.300. The van der Waals surface area contributed by atoms with Crippen LogP contribution in [0.5, 0.6) is 0 Å². The van der Waals surface area contributed by atoms with Gasteiger partial charge in [0.25, 0.3) is 0 Å². The second-order valence-corrected chi connectivity index (χ2v) is 4.45. The van der Waals surface area contributed by atoms with Crippen LogP contribution in [0.15, 0.2) is 23.1 Å². The molecule has 2 N–H and O–H groups in total. The van der Waals surface area contributed by atoms with Gasteiger partial charge in [0.2, 0.25) is 0 Å². The third-order valence-corrected chi connectivity index (χ3v) is 3.38. The Kier molecular flexibility index (Phi) is 2.81. The maximum atomic E-state index is 12.9. The van der Waals surface area contributed by atoms with Crippen molar-refractivity contribution in [1.82, 2.24) is 0 Å². The summed E-state index contributed by atoms with van der Waals surface area (Å²) in [7, 11) is 0. The highest BCUT2D eigenvalue weighted by Crippen LogP contribution is 2.34. The molecular weight excluding hydrogens is 217 g/mol. The number of nitrogens with one attached hydrogen (secondary N) is 1. The minimum Gasteiger partial charge on any atom is -0.481 e. The maximum absolute atomic E-state index is 12.9. The number of rotatable bonds is 2. The van der Waals surface area contributed by atoms with Crippen molar-refractivity contribution in [3.8, 4) is 0 Å². The summed E-state index contributed by atoms with van der Waals surface area (Å²) in [6, 6.07) is 4.40. The SMILES string of the molecule is O=C(O)CC1CSc2cc(F)ccc2N1. The first kappa shape index (κ1) is 10.3. The molecule has 1 unspecified atom stereocenters. The molecule has 3 nitrogen and oxygen atoms in total. The Morgan fingerprint density at radius 2 is 2.47 bits per heavy atom. The highest BCUT2D eigenvalue weighted by molar-refractivity contribution is 7.99. The van der Waals surface area contributed by atoms with E-state index in [0.29, 0.717) is 5.75 Å². The number of benzene rings is 1. The fourth-order valence-corrected chi connectivity index (χ4v) is 2.57. The molecule has 0 bridgehead atoms. The number of thioether (sulfide) groups is 1. The highest BCUT2D eigenvalue weighted by Gasteiger charge is 2.20. The molecule has 1 heterocycles. The summed E-state index contributed by atoms with van der Waals surface area (Å²) in [6.07, 6.45) is 0.0871. The summed E-state index contributed by atoms with van der Waals surface area (Å²) in [5.74, 6) is -0.429. The zero-order valence-electron chi connectivity index (χ0n) is 7.87.